The van der Waals surface area contributed by atoms with Crippen LogP contribution in [0.25, 0.3) is 0 Å². The van der Waals surface area contributed by atoms with Crippen molar-refractivity contribution >= 4 is 17.3 Å². The molecule has 1 aliphatic rings. The molecule has 1 aliphatic heterocycles. The first-order chi connectivity index (χ1) is 9.19. The van der Waals surface area contributed by atoms with Crippen LogP contribution in [0, 0.1) is 5.92 Å². The van der Waals surface area contributed by atoms with Gasteiger partial charge in [0, 0.05) is 25.6 Å². The molecular weight excluding hydrogens is 260 g/mol. The maximum atomic E-state index is 6.05. The highest BCUT2D eigenvalue weighted by molar-refractivity contribution is 7.09. The summed E-state index contributed by atoms with van der Waals surface area (Å²) in [4.78, 5) is 11.1. The number of methoxy groups -OCH3 is 1. The second-order valence-corrected chi connectivity index (χ2v) is 5.98. The van der Waals surface area contributed by atoms with Gasteiger partial charge in [0.1, 0.15) is 5.01 Å². The third kappa shape index (κ3) is 4.18. The molecule has 106 valence electrons. The lowest BCUT2D eigenvalue weighted by molar-refractivity contribution is 0.184. The number of guanidine groups is 1. The molecule has 2 heterocycles. The molecule has 0 radical (unpaired) electrons. The summed E-state index contributed by atoms with van der Waals surface area (Å²) in [5, 5.41) is 3.00. The van der Waals surface area contributed by atoms with Crippen molar-refractivity contribution in [1.82, 2.24) is 9.88 Å². The van der Waals surface area contributed by atoms with Gasteiger partial charge in [-0.05, 0) is 18.8 Å². The van der Waals surface area contributed by atoms with Crippen molar-refractivity contribution in [3.63, 3.8) is 0 Å². The number of thiazole rings is 1. The highest BCUT2D eigenvalue weighted by Gasteiger charge is 2.17. The molecule has 1 unspecified atom stereocenters. The summed E-state index contributed by atoms with van der Waals surface area (Å²) in [6.07, 6.45) is 2.49. The van der Waals surface area contributed by atoms with Gasteiger partial charge < -0.3 is 15.4 Å². The molecule has 1 aromatic rings. The third-order valence-corrected chi connectivity index (χ3v) is 4.12. The SMILES string of the molecule is COCc1nc(CN=C(N)N2CCCC(C)C2)cs1. The summed E-state index contributed by atoms with van der Waals surface area (Å²) in [5.41, 5.74) is 7.01. The van der Waals surface area contributed by atoms with Crippen molar-refractivity contribution in [3.8, 4) is 0 Å². The summed E-state index contributed by atoms with van der Waals surface area (Å²) in [7, 11) is 1.68. The predicted octanol–water partition coefficient (Wildman–Crippen LogP) is 1.84. The van der Waals surface area contributed by atoms with E-state index in [1.807, 2.05) is 5.38 Å². The van der Waals surface area contributed by atoms with Crippen molar-refractivity contribution in [2.75, 3.05) is 20.2 Å². The zero-order valence-electron chi connectivity index (χ0n) is 11.6. The fraction of sp³-hybridized carbons (Fsp3) is 0.692. The molecule has 2 rings (SSSR count). The minimum Gasteiger partial charge on any atom is -0.378 e. The lowest BCUT2D eigenvalue weighted by Gasteiger charge is -2.31. The number of aliphatic imine (C=N–C) groups is 1. The van der Waals surface area contributed by atoms with Crippen LogP contribution >= 0.6 is 11.3 Å². The second-order valence-electron chi connectivity index (χ2n) is 5.03. The molecule has 0 aromatic carbocycles. The largest absolute Gasteiger partial charge is 0.378 e. The van der Waals surface area contributed by atoms with Crippen molar-refractivity contribution in [2.45, 2.75) is 32.9 Å². The van der Waals surface area contributed by atoms with Crippen LogP contribution in [0.5, 0.6) is 0 Å². The molecule has 0 bridgehead atoms. The van der Waals surface area contributed by atoms with E-state index in [9.17, 15) is 0 Å². The van der Waals surface area contributed by atoms with Crippen LogP contribution in [-0.2, 0) is 17.9 Å². The van der Waals surface area contributed by atoms with Gasteiger partial charge in [0.25, 0.3) is 0 Å². The number of hydrogen-bond donors (Lipinski definition) is 1. The van der Waals surface area contributed by atoms with Gasteiger partial charge in [0.15, 0.2) is 5.96 Å². The summed E-state index contributed by atoms with van der Waals surface area (Å²) in [6.45, 7) is 5.41. The molecule has 0 saturated carbocycles. The van der Waals surface area contributed by atoms with Crippen LogP contribution in [0.15, 0.2) is 10.4 Å². The number of ether oxygens (including phenoxy) is 1. The van der Waals surface area contributed by atoms with Crippen LogP contribution in [0.4, 0.5) is 0 Å². The Morgan fingerprint density at radius 2 is 2.53 bits per heavy atom. The molecular formula is C13H22N4OS. The zero-order valence-corrected chi connectivity index (χ0v) is 12.4. The van der Waals surface area contributed by atoms with E-state index >= 15 is 0 Å². The van der Waals surface area contributed by atoms with E-state index in [1.165, 1.54) is 12.8 Å². The van der Waals surface area contributed by atoms with Crippen LogP contribution in [-0.4, -0.2) is 36.0 Å². The van der Waals surface area contributed by atoms with Gasteiger partial charge in [-0.25, -0.2) is 9.98 Å². The quantitative estimate of drug-likeness (QED) is 0.676. The van der Waals surface area contributed by atoms with E-state index in [0.29, 0.717) is 25.0 Å². The molecule has 19 heavy (non-hydrogen) atoms. The fourth-order valence-corrected chi connectivity index (χ4v) is 3.03. The number of piperidine rings is 1. The number of nitrogens with two attached hydrogens (primary N) is 1. The first-order valence-corrected chi connectivity index (χ1v) is 7.54. The Morgan fingerprint density at radius 1 is 1.68 bits per heavy atom. The first-order valence-electron chi connectivity index (χ1n) is 6.66. The average Bonchev–Trinajstić information content (AvgIpc) is 2.84. The van der Waals surface area contributed by atoms with Gasteiger partial charge >= 0.3 is 0 Å². The summed E-state index contributed by atoms with van der Waals surface area (Å²) in [5.74, 6) is 1.35. The number of nitrogens with zero attached hydrogens (tertiary/aromatic N) is 3. The maximum absolute atomic E-state index is 6.05. The third-order valence-electron chi connectivity index (χ3n) is 3.25. The number of rotatable bonds is 4. The highest BCUT2D eigenvalue weighted by atomic mass is 32.1. The minimum atomic E-state index is 0.553. The molecule has 0 spiro atoms. The van der Waals surface area contributed by atoms with Crippen molar-refractivity contribution < 1.29 is 4.74 Å². The van der Waals surface area contributed by atoms with E-state index in [0.717, 1.165) is 23.8 Å². The van der Waals surface area contributed by atoms with E-state index in [2.05, 4.69) is 21.8 Å². The number of hydrogen-bond acceptors (Lipinski definition) is 4. The molecule has 1 aromatic heterocycles. The topological polar surface area (TPSA) is 63.7 Å². The van der Waals surface area contributed by atoms with E-state index in [-0.39, 0.29) is 0 Å². The predicted molar refractivity (Wildman–Crippen MR) is 78.1 cm³/mol. The average molecular weight is 282 g/mol. The van der Waals surface area contributed by atoms with Crippen molar-refractivity contribution in [3.05, 3.63) is 16.1 Å². The van der Waals surface area contributed by atoms with E-state index in [1.54, 1.807) is 18.4 Å². The molecule has 6 heteroatoms. The van der Waals surface area contributed by atoms with Crippen molar-refractivity contribution in [2.24, 2.45) is 16.6 Å². The Morgan fingerprint density at radius 3 is 3.26 bits per heavy atom. The Hall–Kier alpha value is -1.14. The summed E-state index contributed by atoms with van der Waals surface area (Å²) >= 11 is 1.60. The Labute approximate surface area is 118 Å². The van der Waals surface area contributed by atoms with E-state index in [4.69, 9.17) is 10.5 Å². The standard InChI is InChI=1S/C13H22N4OS/c1-10-4-3-5-17(7-10)13(14)15-6-11-9-19-12(16-11)8-18-2/h9-10H,3-8H2,1-2H3,(H2,14,15). The second kappa shape index (κ2) is 6.86. The summed E-state index contributed by atoms with van der Waals surface area (Å²) < 4.78 is 5.05. The van der Waals surface area contributed by atoms with Gasteiger partial charge in [0.05, 0.1) is 18.8 Å². The summed E-state index contributed by atoms with van der Waals surface area (Å²) in [6, 6.07) is 0. The van der Waals surface area contributed by atoms with Crippen LogP contribution in [0.3, 0.4) is 0 Å². The number of aromatic nitrogens is 1. The van der Waals surface area contributed by atoms with E-state index < -0.39 is 0 Å². The molecule has 1 fully saturated rings. The van der Waals surface area contributed by atoms with Crippen molar-refractivity contribution in [1.29, 1.82) is 0 Å². The zero-order chi connectivity index (χ0) is 13.7. The molecule has 2 N–H and O–H groups in total. The molecule has 5 nitrogen and oxygen atoms in total. The molecule has 1 saturated heterocycles. The Kier molecular flexibility index (Phi) is 5.15. The van der Waals surface area contributed by atoms with Gasteiger partial charge in [-0.1, -0.05) is 6.92 Å². The molecule has 0 amide bonds. The fourth-order valence-electron chi connectivity index (χ4n) is 2.27. The monoisotopic (exact) mass is 282 g/mol. The minimum absolute atomic E-state index is 0.553. The van der Waals surface area contributed by atoms with Gasteiger partial charge in [-0.2, -0.15) is 0 Å². The molecule has 1 atom stereocenters. The normalized spacial score (nSPS) is 20.8. The van der Waals surface area contributed by atoms with Gasteiger partial charge in [-0.3, -0.25) is 0 Å². The van der Waals surface area contributed by atoms with Crippen LogP contribution < -0.4 is 5.73 Å². The number of likely N-dealkylation sites (tertiary alicyclic amines) is 1. The molecule has 0 aliphatic carbocycles. The lowest BCUT2D eigenvalue weighted by atomic mass is 10.0. The van der Waals surface area contributed by atoms with Gasteiger partial charge in [0.2, 0.25) is 0 Å². The first kappa shape index (κ1) is 14.3. The van der Waals surface area contributed by atoms with Crippen LogP contribution in [0.2, 0.25) is 0 Å². The van der Waals surface area contributed by atoms with Gasteiger partial charge in [-0.15, -0.1) is 11.3 Å². The highest BCUT2D eigenvalue weighted by Crippen LogP contribution is 2.15. The Bertz CT molecular complexity index is 432. The van der Waals surface area contributed by atoms with Crippen LogP contribution in [0.1, 0.15) is 30.5 Å². The smallest absolute Gasteiger partial charge is 0.191 e. The maximum Gasteiger partial charge on any atom is 0.191 e. The lowest BCUT2D eigenvalue weighted by Crippen LogP contribution is -2.43. The Balaban J connectivity index is 1.89.